The maximum Gasteiger partial charge on any atom is 0.270 e. The van der Waals surface area contributed by atoms with Crippen LogP contribution in [0.2, 0.25) is 5.02 Å². The molecular formula is C17H12ClN3O4. The van der Waals surface area contributed by atoms with Crippen molar-refractivity contribution in [1.82, 2.24) is 5.32 Å². The Morgan fingerprint density at radius 3 is 2.68 bits per heavy atom. The minimum Gasteiger partial charge on any atom is -0.343 e. The molecule has 8 heteroatoms. The number of hydrogen-bond acceptors (Lipinski definition) is 4. The van der Waals surface area contributed by atoms with Gasteiger partial charge < -0.3 is 10.6 Å². The lowest BCUT2D eigenvalue weighted by molar-refractivity contribution is -0.384. The van der Waals surface area contributed by atoms with Crippen LogP contribution >= 0.6 is 11.6 Å². The van der Waals surface area contributed by atoms with Crippen molar-refractivity contribution in [2.45, 2.75) is 0 Å². The van der Waals surface area contributed by atoms with E-state index in [1.807, 2.05) is 0 Å². The second-order valence-electron chi connectivity index (χ2n) is 4.88. The summed E-state index contributed by atoms with van der Waals surface area (Å²) >= 11 is 5.87. The first-order valence-electron chi connectivity index (χ1n) is 6.99. The molecule has 126 valence electrons. The number of nitrogens with zero attached hydrogens (tertiary/aromatic N) is 1. The van der Waals surface area contributed by atoms with Gasteiger partial charge in [0.25, 0.3) is 11.6 Å². The van der Waals surface area contributed by atoms with E-state index in [-0.39, 0.29) is 22.8 Å². The molecule has 0 heterocycles. The summed E-state index contributed by atoms with van der Waals surface area (Å²) in [7, 11) is 0. The highest BCUT2D eigenvalue weighted by Gasteiger charge is 2.16. The first kappa shape index (κ1) is 18.0. The molecule has 0 saturated heterocycles. The fourth-order valence-electron chi connectivity index (χ4n) is 1.95. The number of anilines is 1. The van der Waals surface area contributed by atoms with E-state index in [0.29, 0.717) is 11.3 Å². The van der Waals surface area contributed by atoms with Gasteiger partial charge in [0.2, 0.25) is 5.91 Å². The average molecular weight is 358 g/mol. The van der Waals surface area contributed by atoms with Crippen molar-refractivity contribution >= 4 is 34.8 Å². The largest absolute Gasteiger partial charge is 0.343 e. The van der Waals surface area contributed by atoms with Crippen molar-refractivity contribution < 1.29 is 14.5 Å². The maximum absolute atomic E-state index is 12.1. The predicted molar refractivity (Wildman–Crippen MR) is 93.4 cm³/mol. The van der Waals surface area contributed by atoms with Crippen LogP contribution < -0.4 is 10.6 Å². The van der Waals surface area contributed by atoms with Gasteiger partial charge in [-0.05, 0) is 24.3 Å². The van der Waals surface area contributed by atoms with E-state index in [0.717, 1.165) is 6.07 Å². The molecule has 2 aromatic carbocycles. The average Bonchev–Trinajstić information content (AvgIpc) is 2.60. The van der Waals surface area contributed by atoms with Crippen LogP contribution in [-0.4, -0.2) is 23.3 Å². The van der Waals surface area contributed by atoms with Gasteiger partial charge in [-0.3, -0.25) is 19.7 Å². The van der Waals surface area contributed by atoms with Crippen LogP contribution in [0.3, 0.4) is 0 Å². The van der Waals surface area contributed by atoms with Crippen molar-refractivity contribution in [2.24, 2.45) is 0 Å². The lowest BCUT2D eigenvalue weighted by Crippen LogP contribution is -2.33. The van der Waals surface area contributed by atoms with Gasteiger partial charge in [0.1, 0.15) is 0 Å². The van der Waals surface area contributed by atoms with Crippen molar-refractivity contribution in [2.75, 3.05) is 11.9 Å². The molecule has 2 rings (SSSR count). The number of hydrogen-bond donors (Lipinski definition) is 2. The molecule has 0 radical (unpaired) electrons. The van der Waals surface area contributed by atoms with Gasteiger partial charge in [-0.1, -0.05) is 23.6 Å². The van der Waals surface area contributed by atoms with Crippen LogP contribution in [0.4, 0.5) is 11.4 Å². The number of rotatable bonds is 5. The number of carbonyl (C=O) groups is 2. The molecule has 0 unspecified atom stereocenters. The van der Waals surface area contributed by atoms with Gasteiger partial charge in [-0.15, -0.1) is 6.42 Å². The highest BCUT2D eigenvalue weighted by molar-refractivity contribution is 6.34. The molecule has 0 atom stereocenters. The smallest absolute Gasteiger partial charge is 0.270 e. The number of halogens is 1. The summed E-state index contributed by atoms with van der Waals surface area (Å²) in [6.07, 6.45) is 5.28. The third kappa shape index (κ3) is 4.80. The standard InChI is InChI=1S/C17H12ClN3O4/c1-2-11-4-3-5-12(8-11)20-16(22)10-19-17(23)14-9-13(21(24)25)6-7-15(14)18/h1,3-9H,10H2,(H,19,23)(H,20,22). The van der Waals surface area contributed by atoms with Crippen molar-refractivity contribution in [3.05, 3.63) is 68.7 Å². The van der Waals surface area contributed by atoms with E-state index in [9.17, 15) is 19.7 Å². The van der Waals surface area contributed by atoms with Gasteiger partial charge in [-0.25, -0.2) is 0 Å². The number of amides is 2. The summed E-state index contributed by atoms with van der Waals surface area (Å²) in [6, 6.07) is 10.1. The fourth-order valence-corrected chi connectivity index (χ4v) is 2.15. The zero-order chi connectivity index (χ0) is 18.4. The molecule has 0 saturated carbocycles. The van der Waals surface area contributed by atoms with Crippen molar-refractivity contribution in [3.63, 3.8) is 0 Å². The molecule has 2 aromatic rings. The Morgan fingerprint density at radius 2 is 2.00 bits per heavy atom. The number of nitro benzene ring substituents is 1. The number of benzene rings is 2. The molecule has 7 nitrogen and oxygen atoms in total. The summed E-state index contributed by atoms with van der Waals surface area (Å²) in [4.78, 5) is 34.1. The minimum atomic E-state index is -0.693. The van der Waals surface area contributed by atoms with E-state index in [1.54, 1.807) is 24.3 Å². The first-order chi connectivity index (χ1) is 11.9. The topological polar surface area (TPSA) is 101 Å². The number of nitrogens with one attached hydrogen (secondary N) is 2. The van der Waals surface area contributed by atoms with Crippen LogP contribution in [0.15, 0.2) is 42.5 Å². The molecule has 0 fully saturated rings. The number of nitro groups is 1. The Hall–Kier alpha value is -3.37. The summed E-state index contributed by atoms with van der Waals surface area (Å²) < 4.78 is 0. The Morgan fingerprint density at radius 1 is 1.24 bits per heavy atom. The Bertz CT molecular complexity index is 890. The highest BCUT2D eigenvalue weighted by Crippen LogP contribution is 2.21. The molecule has 0 aromatic heterocycles. The molecular weight excluding hydrogens is 346 g/mol. The summed E-state index contributed by atoms with van der Waals surface area (Å²) in [6.45, 7) is -0.335. The molecule has 0 aliphatic rings. The molecule has 2 amide bonds. The molecule has 0 aliphatic carbocycles. The molecule has 2 N–H and O–H groups in total. The third-order valence-corrected chi connectivity index (χ3v) is 3.46. The van der Waals surface area contributed by atoms with E-state index in [4.69, 9.17) is 18.0 Å². The minimum absolute atomic E-state index is 0.0465. The van der Waals surface area contributed by atoms with E-state index >= 15 is 0 Å². The van der Waals surface area contributed by atoms with Crippen LogP contribution in [0.1, 0.15) is 15.9 Å². The predicted octanol–water partition coefficient (Wildman–Crippen LogP) is 2.60. The van der Waals surface area contributed by atoms with Gasteiger partial charge in [0, 0.05) is 23.4 Å². The van der Waals surface area contributed by atoms with E-state index in [2.05, 4.69) is 16.6 Å². The zero-order valence-electron chi connectivity index (χ0n) is 12.8. The van der Waals surface area contributed by atoms with Gasteiger partial charge in [-0.2, -0.15) is 0 Å². The first-order valence-corrected chi connectivity index (χ1v) is 7.37. The SMILES string of the molecule is C#Cc1cccc(NC(=O)CNC(=O)c2cc([N+](=O)[O-])ccc2Cl)c1. The molecule has 0 spiro atoms. The maximum atomic E-state index is 12.1. The lowest BCUT2D eigenvalue weighted by atomic mass is 10.2. The van der Waals surface area contributed by atoms with Gasteiger partial charge in [0.15, 0.2) is 0 Å². The molecule has 25 heavy (non-hydrogen) atoms. The molecule has 0 aliphatic heterocycles. The second kappa shape index (κ2) is 7.95. The number of terminal acetylenes is 1. The Labute approximate surface area is 148 Å². The van der Waals surface area contributed by atoms with Gasteiger partial charge in [0.05, 0.1) is 22.1 Å². The Kier molecular flexibility index (Phi) is 5.71. The second-order valence-corrected chi connectivity index (χ2v) is 5.28. The zero-order valence-corrected chi connectivity index (χ0v) is 13.5. The highest BCUT2D eigenvalue weighted by atomic mass is 35.5. The van der Waals surface area contributed by atoms with E-state index < -0.39 is 16.7 Å². The quantitative estimate of drug-likeness (QED) is 0.488. The summed E-state index contributed by atoms with van der Waals surface area (Å²) in [5.41, 5.74) is 0.733. The van der Waals surface area contributed by atoms with Crippen molar-refractivity contribution in [1.29, 1.82) is 0 Å². The Balaban J connectivity index is 2.00. The fraction of sp³-hybridized carbons (Fsp3) is 0.0588. The number of non-ortho nitro benzene ring substituents is 1. The normalized spacial score (nSPS) is 9.76. The van der Waals surface area contributed by atoms with Crippen LogP contribution in [0.5, 0.6) is 0 Å². The van der Waals surface area contributed by atoms with Crippen LogP contribution in [0, 0.1) is 22.5 Å². The lowest BCUT2D eigenvalue weighted by Gasteiger charge is -2.08. The summed E-state index contributed by atoms with van der Waals surface area (Å²) in [5.74, 6) is 1.27. The van der Waals surface area contributed by atoms with Gasteiger partial charge >= 0.3 is 0 Å². The number of carbonyl (C=O) groups excluding carboxylic acids is 2. The van der Waals surface area contributed by atoms with Crippen LogP contribution in [0.25, 0.3) is 0 Å². The monoisotopic (exact) mass is 357 g/mol. The summed E-state index contributed by atoms with van der Waals surface area (Å²) in [5, 5.41) is 15.7. The van der Waals surface area contributed by atoms with Crippen LogP contribution in [-0.2, 0) is 4.79 Å². The van der Waals surface area contributed by atoms with Crippen molar-refractivity contribution in [3.8, 4) is 12.3 Å². The van der Waals surface area contributed by atoms with E-state index in [1.165, 1.54) is 12.1 Å². The molecule has 0 bridgehead atoms. The third-order valence-electron chi connectivity index (χ3n) is 3.13.